The molecule has 0 aliphatic rings. The van der Waals surface area contributed by atoms with Crippen molar-refractivity contribution >= 4 is 12.1 Å². The highest BCUT2D eigenvalue weighted by atomic mass is 16.6. The third-order valence-corrected chi connectivity index (χ3v) is 3.12. The molecule has 0 aliphatic carbocycles. The molecule has 0 aromatic carbocycles. The summed E-state index contributed by atoms with van der Waals surface area (Å²) in [6.07, 6.45) is 1.33. The molecule has 7 nitrogen and oxygen atoms in total. The summed E-state index contributed by atoms with van der Waals surface area (Å²) in [6.45, 7) is 6.00. The maximum Gasteiger partial charge on any atom is 0.414 e. The first-order chi connectivity index (χ1) is 11.0. The number of hydrogen-bond donors (Lipinski definition) is 0. The summed E-state index contributed by atoms with van der Waals surface area (Å²) >= 11 is 0. The third kappa shape index (κ3) is 5.81. The Labute approximate surface area is 143 Å². The number of aromatic nitrogens is 1. The van der Waals surface area contributed by atoms with Gasteiger partial charge in [0.1, 0.15) is 0 Å². The van der Waals surface area contributed by atoms with E-state index in [1.165, 1.54) is 4.90 Å². The van der Waals surface area contributed by atoms with Crippen LogP contribution in [0.5, 0.6) is 5.75 Å². The summed E-state index contributed by atoms with van der Waals surface area (Å²) in [5, 5.41) is 0. The second kappa shape index (κ2) is 8.10. The van der Waals surface area contributed by atoms with Crippen molar-refractivity contribution in [2.45, 2.75) is 34.0 Å². The fourth-order valence-electron chi connectivity index (χ4n) is 1.77. The molecule has 1 rings (SSSR count). The Hall–Kier alpha value is -2.15. The fraction of sp³-hybridized carbons (Fsp3) is 0.588. The highest BCUT2D eigenvalue weighted by Gasteiger charge is 2.26. The molecule has 1 aromatic rings. The molecule has 0 atom stereocenters. The number of rotatable bonds is 5. The lowest BCUT2D eigenvalue weighted by Crippen LogP contribution is -2.43. The molecule has 134 valence electrons. The lowest BCUT2D eigenvalue weighted by molar-refractivity contribution is -0.735. The van der Waals surface area contributed by atoms with Gasteiger partial charge in [0.2, 0.25) is 11.4 Å². The summed E-state index contributed by atoms with van der Waals surface area (Å²) in [5.41, 5.74) is 0.177. The van der Waals surface area contributed by atoms with E-state index < -0.39 is 11.5 Å². The zero-order valence-electron chi connectivity index (χ0n) is 15.6. The summed E-state index contributed by atoms with van der Waals surface area (Å²) in [7, 11) is 7.07. The summed E-state index contributed by atoms with van der Waals surface area (Å²) in [6, 6.07) is 3.48. The number of amides is 1. The second-order valence-corrected chi connectivity index (χ2v) is 7.10. The molecule has 0 bridgehead atoms. The monoisotopic (exact) mass is 338 g/mol. The second-order valence-electron chi connectivity index (χ2n) is 7.10. The van der Waals surface area contributed by atoms with Gasteiger partial charge in [-0.25, -0.2) is 4.79 Å². The molecule has 0 aliphatic heterocycles. The van der Waals surface area contributed by atoms with Crippen LogP contribution in [-0.2, 0) is 22.8 Å². The van der Waals surface area contributed by atoms with Crippen LogP contribution in [0.25, 0.3) is 0 Å². The number of ether oxygens (including phenoxy) is 2. The average Bonchev–Trinajstić information content (AvgIpc) is 2.45. The Balaban J connectivity index is 3.06. The minimum absolute atomic E-state index is 0.0621. The van der Waals surface area contributed by atoms with Crippen molar-refractivity contribution in [2.75, 3.05) is 28.2 Å². The summed E-state index contributed by atoms with van der Waals surface area (Å²) < 4.78 is 12.6. The maximum atomic E-state index is 12.0. The van der Waals surface area contributed by atoms with Gasteiger partial charge in [-0.15, -0.1) is 0 Å². The first kappa shape index (κ1) is 19.9. The van der Waals surface area contributed by atoms with Crippen molar-refractivity contribution in [3.05, 3.63) is 24.0 Å². The third-order valence-electron chi connectivity index (χ3n) is 3.12. The minimum atomic E-state index is -0.572. The van der Waals surface area contributed by atoms with Crippen molar-refractivity contribution in [1.82, 2.24) is 9.80 Å². The molecule has 7 heteroatoms. The number of nitrogens with zero attached hydrogens (tertiary/aromatic N) is 3. The molecule has 0 saturated carbocycles. The quantitative estimate of drug-likeness (QED) is 0.603. The van der Waals surface area contributed by atoms with Gasteiger partial charge in [0.05, 0.1) is 12.0 Å². The highest BCUT2D eigenvalue weighted by molar-refractivity contribution is 5.75. The summed E-state index contributed by atoms with van der Waals surface area (Å²) in [5.74, 6) is 0.151. The van der Waals surface area contributed by atoms with E-state index in [9.17, 15) is 9.59 Å². The zero-order chi connectivity index (χ0) is 18.5. The minimum Gasteiger partial charge on any atom is -0.404 e. The van der Waals surface area contributed by atoms with E-state index in [1.54, 1.807) is 57.8 Å². The molecule has 1 aromatic heterocycles. The topological polar surface area (TPSA) is 63.0 Å². The van der Waals surface area contributed by atoms with Gasteiger partial charge in [-0.1, -0.05) is 0 Å². The smallest absolute Gasteiger partial charge is 0.404 e. The normalized spacial score (nSPS) is 11.3. The van der Waals surface area contributed by atoms with Crippen LogP contribution in [0.3, 0.4) is 0 Å². The predicted molar refractivity (Wildman–Crippen MR) is 89.3 cm³/mol. The Bertz CT molecular complexity index is 592. The number of carbonyl (C=O) groups excluding carboxylic acids is 2. The molecule has 1 heterocycles. The van der Waals surface area contributed by atoms with Crippen LogP contribution in [0, 0.1) is 5.41 Å². The van der Waals surface area contributed by atoms with E-state index >= 15 is 0 Å². The number of carbonyl (C=O) groups is 2. The molecule has 0 radical (unpaired) electrons. The van der Waals surface area contributed by atoms with Gasteiger partial charge in [0.25, 0.3) is 6.73 Å². The van der Waals surface area contributed by atoms with Crippen molar-refractivity contribution in [3.8, 4) is 5.75 Å². The Morgan fingerprint density at radius 3 is 2.29 bits per heavy atom. The van der Waals surface area contributed by atoms with Gasteiger partial charge in [-0.2, -0.15) is 4.57 Å². The Kier molecular flexibility index (Phi) is 6.71. The van der Waals surface area contributed by atoms with E-state index in [0.717, 1.165) is 5.69 Å². The van der Waals surface area contributed by atoms with E-state index in [1.807, 2.05) is 19.0 Å². The van der Waals surface area contributed by atoms with Gasteiger partial charge in [0, 0.05) is 20.2 Å². The molecular weight excluding hydrogens is 310 g/mol. The largest absolute Gasteiger partial charge is 0.414 e. The van der Waals surface area contributed by atoms with Gasteiger partial charge >= 0.3 is 12.1 Å². The van der Waals surface area contributed by atoms with Crippen LogP contribution in [-0.4, -0.2) is 50.1 Å². The Morgan fingerprint density at radius 2 is 1.79 bits per heavy atom. The zero-order valence-corrected chi connectivity index (χ0v) is 15.6. The van der Waals surface area contributed by atoms with E-state index in [2.05, 4.69) is 0 Å². The van der Waals surface area contributed by atoms with Crippen LogP contribution < -0.4 is 9.30 Å². The number of pyridine rings is 1. The molecule has 0 saturated heterocycles. The standard InChI is InChI=1S/C17H28N3O4/c1-17(2,3)15(21)23-12-20-10-8-9-14(13(20)11-18(4)5)24-16(22)19(6)7/h8-10H,11-12H2,1-7H3/q+1. The maximum absolute atomic E-state index is 12.0. The summed E-state index contributed by atoms with van der Waals surface area (Å²) in [4.78, 5) is 27.1. The van der Waals surface area contributed by atoms with E-state index in [4.69, 9.17) is 9.47 Å². The first-order valence-electron chi connectivity index (χ1n) is 7.74. The lowest BCUT2D eigenvalue weighted by atomic mass is 9.98. The highest BCUT2D eigenvalue weighted by Crippen LogP contribution is 2.18. The Morgan fingerprint density at radius 1 is 1.17 bits per heavy atom. The SMILES string of the molecule is CN(C)Cc1c(OC(=O)N(C)C)ccc[n+]1COC(=O)C(C)(C)C. The molecule has 24 heavy (non-hydrogen) atoms. The first-order valence-corrected chi connectivity index (χ1v) is 7.74. The average molecular weight is 338 g/mol. The predicted octanol–water partition coefficient (Wildman–Crippen LogP) is 1.64. The molecular formula is C17H28N3O4+. The van der Waals surface area contributed by atoms with Crippen LogP contribution in [0.2, 0.25) is 0 Å². The van der Waals surface area contributed by atoms with Crippen LogP contribution in [0.15, 0.2) is 18.3 Å². The van der Waals surface area contributed by atoms with Gasteiger partial charge in [-0.3, -0.25) is 9.69 Å². The number of esters is 1. The number of hydrogen-bond acceptors (Lipinski definition) is 5. The van der Waals surface area contributed by atoms with Crippen LogP contribution in [0.1, 0.15) is 26.5 Å². The van der Waals surface area contributed by atoms with Gasteiger partial charge in [-0.05, 0) is 40.9 Å². The van der Waals surface area contributed by atoms with Crippen molar-refractivity contribution < 1.29 is 23.6 Å². The van der Waals surface area contributed by atoms with E-state index in [0.29, 0.717) is 12.3 Å². The van der Waals surface area contributed by atoms with Crippen LogP contribution in [0.4, 0.5) is 4.79 Å². The van der Waals surface area contributed by atoms with Gasteiger partial charge in [0.15, 0.2) is 6.20 Å². The van der Waals surface area contributed by atoms with Crippen LogP contribution >= 0.6 is 0 Å². The van der Waals surface area contributed by atoms with Crippen molar-refractivity contribution in [1.29, 1.82) is 0 Å². The lowest BCUT2D eigenvalue weighted by Gasteiger charge is -2.17. The fourth-order valence-corrected chi connectivity index (χ4v) is 1.77. The molecule has 0 spiro atoms. The van der Waals surface area contributed by atoms with Gasteiger partial charge < -0.3 is 14.4 Å². The molecule has 0 fully saturated rings. The van der Waals surface area contributed by atoms with E-state index in [-0.39, 0.29) is 12.7 Å². The van der Waals surface area contributed by atoms with Crippen molar-refractivity contribution in [2.24, 2.45) is 5.41 Å². The van der Waals surface area contributed by atoms with Crippen molar-refractivity contribution in [3.63, 3.8) is 0 Å². The molecule has 1 amide bonds. The molecule has 0 unspecified atom stereocenters. The molecule has 0 N–H and O–H groups in total.